The molecule has 7 nitrogen and oxygen atoms in total. The van der Waals surface area contributed by atoms with Crippen LogP contribution in [0, 0.1) is 0 Å². The number of amides is 2. The van der Waals surface area contributed by atoms with Crippen molar-refractivity contribution in [2.24, 2.45) is 0 Å². The standard InChI is InChI=1S/C28H31N5O2/c1-28-15-18-32(26(35)22-11-7-12-23(19-22)31-27-29-16-8-17-30-27)24(28)13-5-6-14-25(34)33(28)20-21-9-3-2-4-10-21/h2-4,7-12,16-17,19,24H,5-6,13-15,18,20H2,1H3,(H,29,30,31)/t24-,28-/m0/s1. The highest BCUT2D eigenvalue weighted by molar-refractivity contribution is 5.96. The second-order valence-corrected chi connectivity index (χ2v) is 9.61. The molecule has 0 bridgehead atoms. The molecule has 7 heteroatoms. The molecule has 2 amide bonds. The van der Waals surface area contributed by atoms with Gasteiger partial charge in [0.1, 0.15) is 0 Å². The predicted molar refractivity (Wildman–Crippen MR) is 135 cm³/mol. The van der Waals surface area contributed by atoms with E-state index in [1.54, 1.807) is 18.5 Å². The highest BCUT2D eigenvalue weighted by Crippen LogP contribution is 2.40. The molecule has 0 unspecified atom stereocenters. The summed E-state index contributed by atoms with van der Waals surface area (Å²) in [4.78, 5) is 39.5. The maximum atomic E-state index is 13.8. The Balaban J connectivity index is 1.40. The van der Waals surface area contributed by atoms with E-state index in [1.165, 1.54) is 0 Å². The smallest absolute Gasteiger partial charge is 0.254 e. The van der Waals surface area contributed by atoms with E-state index >= 15 is 0 Å². The SMILES string of the molecule is C[C@]12CCN(C(=O)c3cccc(Nc4ncccn4)c3)[C@H]1CCCCC(=O)N2Cc1ccccc1. The molecule has 0 aliphatic carbocycles. The lowest BCUT2D eigenvalue weighted by molar-refractivity contribution is -0.140. The monoisotopic (exact) mass is 469 g/mol. The minimum Gasteiger partial charge on any atom is -0.333 e. The molecule has 3 heterocycles. The van der Waals surface area contributed by atoms with Crippen molar-refractivity contribution in [3.63, 3.8) is 0 Å². The van der Waals surface area contributed by atoms with Crippen LogP contribution in [-0.2, 0) is 11.3 Å². The Morgan fingerprint density at radius 3 is 2.66 bits per heavy atom. The summed E-state index contributed by atoms with van der Waals surface area (Å²) in [7, 11) is 0. The molecule has 2 atom stereocenters. The number of anilines is 2. The Kier molecular flexibility index (Phi) is 6.49. The second-order valence-electron chi connectivity index (χ2n) is 9.61. The first kappa shape index (κ1) is 23.0. The van der Waals surface area contributed by atoms with Crippen LogP contribution in [0.5, 0.6) is 0 Å². The van der Waals surface area contributed by atoms with Gasteiger partial charge in [-0.2, -0.15) is 0 Å². The third-order valence-electron chi connectivity index (χ3n) is 7.36. The van der Waals surface area contributed by atoms with Crippen LogP contribution >= 0.6 is 0 Å². The highest BCUT2D eigenvalue weighted by atomic mass is 16.2. The van der Waals surface area contributed by atoms with Gasteiger partial charge in [0.15, 0.2) is 0 Å². The molecule has 0 radical (unpaired) electrons. The van der Waals surface area contributed by atoms with Gasteiger partial charge < -0.3 is 15.1 Å². The number of nitrogens with zero attached hydrogens (tertiary/aromatic N) is 4. The summed E-state index contributed by atoms with van der Waals surface area (Å²) in [6.07, 6.45) is 7.39. The maximum Gasteiger partial charge on any atom is 0.254 e. The van der Waals surface area contributed by atoms with Gasteiger partial charge in [0.2, 0.25) is 11.9 Å². The fraction of sp³-hybridized carbons (Fsp3) is 0.357. The number of hydrogen-bond donors (Lipinski definition) is 1. The molecule has 2 aliphatic rings. The highest BCUT2D eigenvalue weighted by Gasteiger charge is 2.51. The topological polar surface area (TPSA) is 78.4 Å². The zero-order valence-electron chi connectivity index (χ0n) is 20.1. The van der Waals surface area contributed by atoms with Crippen LogP contribution in [0.25, 0.3) is 0 Å². The summed E-state index contributed by atoms with van der Waals surface area (Å²) in [5.41, 5.74) is 2.12. The van der Waals surface area contributed by atoms with Gasteiger partial charge in [-0.1, -0.05) is 42.8 Å². The fourth-order valence-electron chi connectivity index (χ4n) is 5.49. The Hall–Kier alpha value is -3.74. The van der Waals surface area contributed by atoms with E-state index in [2.05, 4.69) is 34.3 Å². The number of likely N-dealkylation sites (tertiary alicyclic amines) is 2. The third-order valence-corrected chi connectivity index (χ3v) is 7.36. The average Bonchev–Trinajstić information content (AvgIpc) is 3.21. The zero-order chi connectivity index (χ0) is 24.3. The molecule has 180 valence electrons. The molecule has 1 aromatic heterocycles. The van der Waals surface area contributed by atoms with Crippen LogP contribution in [0.2, 0.25) is 0 Å². The Morgan fingerprint density at radius 1 is 1.06 bits per heavy atom. The predicted octanol–water partition coefficient (Wildman–Crippen LogP) is 4.80. The van der Waals surface area contributed by atoms with Crippen molar-refractivity contribution in [3.8, 4) is 0 Å². The molecule has 0 saturated carbocycles. The van der Waals surface area contributed by atoms with Crippen molar-refractivity contribution < 1.29 is 9.59 Å². The summed E-state index contributed by atoms with van der Waals surface area (Å²) >= 11 is 0. The number of benzene rings is 2. The molecule has 2 fully saturated rings. The van der Waals surface area contributed by atoms with Gasteiger partial charge in [0.05, 0.1) is 11.6 Å². The van der Waals surface area contributed by atoms with Gasteiger partial charge in [-0.05, 0) is 56.0 Å². The summed E-state index contributed by atoms with van der Waals surface area (Å²) in [5, 5.41) is 3.17. The average molecular weight is 470 g/mol. The molecule has 2 aliphatic heterocycles. The Labute approximate surface area is 206 Å². The Bertz CT molecular complexity index is 1190. The van der Waals surface area contributed by atoms with E-state index in [1.807, 2.05) is 52.3 Å². The number of rotatable bonds is 5. The Morgan fingerprint density at radius 2 is 1.86 bits per heavy atom. The third kappa shape index (κ3) is 4.76. The molecule has 2 aromatic carbocycles. The van der Waals surface area contributed by atoms with Crippen molar-refractivity contribution in [3.05, 3.63) is 84.2 Å². The molecule has 35 heavy (non-hydrogen) atoms. The minimum absolute atomic E-state index is 0.00374. The molecule has 3 aromatic rings. The number of carbonyl (C=O) groups excluding carboxylic acids is 2. The van der Waals surface area contributed by atoms with Crippen LogP contribution in [0.3, 0.4) is 0 Å². The first-order valence-electron chi connectivity index (χ1n) is 12.3. The molecule has 0 spiro atoms. The van der Waals surface area contributed by atoms with Crippen molar-refractivity contribution in [1.82, 2.24) is 19.8 Å². The molecular formula is C28H31N5O2. The lowest BCUT2D eigenvalue weighted by Gasteiger charge is -2.45. The minimum atomic E-state index is -0.392. The fourth-order valence-corrected chi connectivity index (χ4v) is 5.49. The van der Waals surface area contributed by atoms with Gasteiger partial charge >= 0.3 is 0 Å². The van der Waals surface area contributed by atoms with Gasteiger partial charge in [0.25, 0.3) is 5.91 Å². The summed E-state index contributed by atoms with van der Waals surface area (Å²) in [5.74, 6) is 0.675. The van der Waals surface area contributed by atoms with Gasteiger partial charge in [-0.3, -0.25) is 9.59 Å². The van der Waals surface area contributed by atoms with Crippen LogP contribution < -0.4 is 5.32 Å². The molecular weight excluding hydrogens is 438 g/mol. The largest absolute Gasteiger partial charge is 0.333 e. The van der Waals surface area contributed by atoms with Crippen molar-refractivity contribution in [2.45, 2.75) is 57.2 Å². The van der Waals surface area contributed by atoms with E-state index in [0.29, 0.717) is 31.0 Å². The van der Waals surface area contributed by atoms with E-state index in [-0.39, 0.29) is 17.9 Å². The van der Waals surface area contributed by atoms with Crippen LogP contribution in [0.4, 0.5) is 11.6 Å². The van der Waals surface area contributed by atoms with Gasteiger partial charge in [0, 0.05) is 43.2 Å². The number of hydrogen-bond acceptors (Lipinski definition) is 5. The maximum absolute atomic E-state index is 13.8. The summed E-state index contributed by atoms with van der Waals surface area (Å²) in [6.45, 7) is 3.38. The number of aromatic nitrogens is 2. The van der Waals surface area contributed by atoms with Gasteiger partial charge in [-0.25, -0.2) is 9.97 Å². The first-order valence-corrected chi connectivity index (χ1v) is 12.3. The number of carbonyl (C=O) groups is 2. The van der Waals surface area contributed by atoms with Crippen molar-refractivity contribution in [2.75, 3.05) is 11.9 Å². The van der Waals surface area contributed by atoms with Crippen LogP contribution in [0.15, 0.2) is 73.1 Å². The number of fused-ring (bicyclic) bond motifs is 1. The second kappa shape index (κ2) is 9.86. The molecule has 5 rings (SSSR count). The van der Waals surface area contributed by atoms with Gasteiger partial charge in [-0.15, -0.1) is 0 Å². The lowest BCUT2D eigenvalue weighted by Crippen LogP contribution is -2.58. The van der Waals surface area contributed by atoms with E-state index in [0.717, 1.165) is 36.9 Å². The first-order chi connectivity index (χ1) is 17.0. The molecule has 2 saturated heterocycles. The van der Waals surface area contributed by atoms with Crippen molar-refractivity contribution in [1.29, 1.82) is 0 Å². The summed E-state index contributed by atoms with van der Waals surface area (Å²) < 4.78 is 0. The molecule has 1 N–H and O–H groups in total. The van der Waals surface area contributed by atoms with Crippen LogP contribution in [0.1, 0.15) is 54.9 Å². The normalized spacial score (nSPS) is 22.3. The van der Waals surface area contributed by atoms with E-state index in [9.17, 15) is 9.59 Å². The van der Waals surface area contributed by atoms with E-state index < -0.39 is 5.54 Å². The summed E-state index contributed by atoms with van der Waals surface area (Å²) in [6, 6.07) is 19.4. The lowest BCUT2D eigenvalue weighted by atomic mass is 9.84. The number of nitrogens with one attached hydrogen (secondary N) is 1. The quantitative estimate of drug-likeness (QED) is 0.581. The zero-order valence-corrected chi connectivity index (χ0v) is 20.1. The van der Waals surface area contributed by atoms with Crippen LogP contribution in [-0.4, -0.2) is 49.7 Å². The van der Waals surface area contributed by atoms with Crippen molar-refractivity contribution >= 4 is 23.5 Å². The van der Waals surface area contributed by atoms with E-state index in [4.69, 9.17) is 0 Å².